The van der Waals surface area contributed by atoms with Gasteiger partial charge in [0, 0.05) is 14.2 Å². The average molecular weight is 443 g/mol. The van der Waals surface area contributed by atoms with Gasteiger partial charge in [-0.25, -0.2) is 4.99 Å². The van der Waals surface area contributed by atoms with E-state index in [4.69, 9.17) is 23.2 Å². The second-order valence-electron chi connectivity index (χ2n) is 4.59. The molecule has 0 spiro atoms. The molecular weight excluding hydrogens is 434 g/mol. The Morgan fingerprint density at radius 3 is 2.64 bits per heavy atom. The first-order valence-corrected chi connectivity index (χ1v) is 8.20. The highest BCUT2D eigenvalue weighted by Crippen LogP contribution is 2.24. The first kappa shape index (κ1) is 15.5. The molecule has 1 heterocycles. The second kappa shape index (κ2) is 6.40. The van der Waals surface area contributed by atoms with Gasteiger partial charge in [0.15, 0.2) is 0 Å². The fourth-order valence-corrected chi connectivity index (χ4v) is 2.90. The summed E-state index contributed by atoms with van der Waals surface area (Å²) in [5, 5.41) is 3.85. The minimum absolute atomic E-state index is 0.273. The van der Waals surface area contributed by atoms with Crippen LogP contribution in [0.15, 0.2) is 53.2 Å². The molecule has 1 N–H and O–H groups in total. The summed E-state index contributed by atoms with van der Waals surface area (Å²) in [6.07, 6.45) is 1.66. The highest BCUT2D eigenvalue weighted by atomic mass is 127. The SMILES string of the molecule is O=C1NC(c2cc(I)ccc2Cl)=N/C1=C\c1ccccc1Cl. The number of rotatable bonds is 2. The molecule has 6 heteroatoms. The van der Waals surface area contributed by atoms with Crippen molar-refractivity contribution < 1.29 is 4.79 Å². The van der Waals surface area contributed by atoms with Crippen LogP contribution in [0.25, 0.3) is 6.08 Å². The van der Waals surface area contributed by atoms with Gasteiger partial charge in [0.2, 0.25) is 0 Å². The van der Waals surface area contributed by atoms with E-state index >= 15 is 0 Å². The van der Waals surface area contributed by atoms with Crippen LogP contribution in [0, 0.1) is 3.57 Å². The zero-order valence-corrected chi connectivity index (χ0v) is 14.8. The number of amidine groups is 1. The van der Waals surface area contributed by atoms with Crippen LogP contribution >= 0.6 is 45.8 Å². The highest BCUT2D eigenvalue weighted by Gasteiger charge is 2.23. The highest BCUT2D eigenvalue weighted by molar-refractivity contribution is 14.1. The maximum Gasteiger partial charge on any atom is 0.275 e. The molecule has 0 bridgehead atoms. The first-order valence-electron chi connectivity index (χ1n) is 6.36. The van der Waals surface area contributed by atoms with Crippen LogP contribution in [0.1, 0.15) is 11.1 Å². The van der Waals surface area contributed by atoms with Crippen molar-refractivity contribution >= 4 is 63.6 Å². The van der Waals surface area contributed by atoms with E-state index in [1.165, 1.54) is 0 Å². The van der Waals surface area contributed by atoms with Crippen molar-refractivity contribution in [2.24, 2.45) is 4.99 Å². The Morgan fingerprint density at radius 2 is 1.86 bits per heavy atom. The molecule has 2 aromatic rings. The van der Waals surface area contributed by atoms with E-state index < -0.39 is 0 Å². The monoisotopic (exact) mass is 442 g/mol. The van der Waals surface area contributed by atoms with Crippen molar-refractivity contribution in [2.45, 2.75) is 0 Å². The van der Waals surface area contributed by atoms with Crippen molar-refractivity contribution in [3.05, 3.63) is 72.9 Å². The van der Waals surface area contributed by atoms with Gasteiger partial charge in [0.05, 0.1) is 5.02 Å². The third-order valence-corrected chi connectivity index (χ3v) is 4.42. The molecule has 2 aromatic carbocycles. The summed E-state index contributed by atoms with van der Waals surface area (Å²) in [4.78, 5) is 16.4. The molecule has 0 fully saturated rings. The molecule has 0 aliphatic carbocycles. The van der Waals surface area contributed by atoms with Gasteiger partial charge in [-0.3, -0.25) is 4.79 Å². The van der Waals surface area contributed by atoms with Gasteiger partial charge < -0.3 is 5.32 Å². The first-order chi connectivity index (χ1) is 10.5. The summed E-state index contributed by atoms with van der Waals surface area (Å²) >= 11 is 14.5. The largest absolute Gasteiger partial charge is 0.305 e. The molecule has 1 amide bonds. The molecule has 0 radical (unpaired) electrons. The standard InChI is InChI=1S/C16H9Cl2IN2O/c17-12-4-2-1-3-9(12)7-14-16(22)21-15(20-14)11-8-10(19)5-6-13(11)18/h1-8H,(H,20,21,22)/b14-7-. The fourth-order valence-electron chi connectivity index (χ4n) is 2.01. The maximum absolute atomic E-state index is 12.1. The number of halogens is 3. The minimum atomic E-state index is -0.273. The zero-order valence-electron chi connectivity index (χ0n) is 11.1. The zero-order chi connectivity index (χ0) is 15.7. The second-order valence-corrected chi connectivity index (χ2v) is 6.65. The topological polar surface area (TPSA) is 41.5 Å². The summed E-state index contributed by atoms with van der Waals surface area (Å²) in [5.74, 6) is 0.177. The molecule has 0 atom stereocenters. The Hall–Kier alpha value is -1.37. The van der Waals surface area contributed by atoms with Crippen molar-refractivity contribution in [3.8, 4) is 0 Å². The maximum atomic E-state index is 12.1. The number of nitrogens with zero attached hydrogens (tertiary/aromatic N) is 1. The lowest BCUT2D eigenvalue weighted by Gasteiger charge is -2.03. The molecule has 0 unspecified atom stereocenters. The van der Waals surface area contributed by atoms with Crippen LogP contribution in [0.5, 0.6) is 0 Å². The van der Waals surface area contributed by atoms with Gasteiger partial charge in [-0.2, -0.15) is 0 Å². The van der Waals surface area contributed by atoms with E-state index in [0.717, 1.165) is 9.13 Å². The molecule has 0 saturated heterocycles. The quantitative estimate of drug-likeness (QED) is 0.539. The van der Waals surface area contributed by atoms with Crippen molar-refractivity contribution in [3.63, 3.8) is 0 Å². The minimum Gasteiger partial charge on any atom is -0.305 e. The molecule has 1 aliphatic rings. The summed E-state index contributed by atoms with van der Waals surface area (Å²) in [6, 6.07) is 12.8. The van der Waals surface area contributed by atoms with Crippen molar-refractivity contribution in [1.29, 1.82) is 0 Å². The lowest BCUT2D eigenvalue weighted by molar-refractivity contribution is -0.115. The van der Waals surface area contributed by atoms with E-state index in [1.54, 1.807) is 18.2 Å². The van der Waals surface area contributed by atoms with Gasteiger partial charge in [-0.15, -0.1) is 0 Å². The molecular formula is C16H9Cl2IN2O. The van der Waals surface area contributed by atoms with Crippen LogP contribution in [-0.4, -0.2) is 11.7 Å². The van der Waals surface area contributed by atoms with Crippen LogP contribution < -0.4 is 5.32 Å². The number of aliphatic imine (C=N–C) groups is 1. The third kappa shape index (κ3) is 3.19. The van der Waals surface area contributed by atoms with Gasteiger partial charge in [0.1, 0.15) is 11.5 Å². The predicted octanol–water partition coefficient (Wildman–Crippen LogP) is 4.52. The lowest BCUT2D eigenvalue weighted by Crippen LogP contribution is -2.25. The Bertz CT molecular complexity index is 831. The number of amides is 1. The summed E-state index contributed by atoms with van der Waals surface area (Å²) in [6.45, 7) is 0. The van der Waals surface area contributed by atoms with Gasteiger partial charge >= 0.3 is 0 Å². The Kier molecular flexibility index (Phi) is 4.52. The van der Waals surface area contributed by atoms with Crippen molar-refractivity contribution in [1.82, 2.24) is 5.32 Å². The normalized spacial score (nSPS) is 15.9. The molecule has 110 valence electrons. The van der Waals surface area contributed by atoms with Crippen molar-refractivity contribution in [2.75, 3.05) is 0 Å². The molecule has 1 aliphatic heterocycles. The number of carbonyl (C=O) groups is 1. The van der Waals surface area contributed by atoms with Gasteiger partial charge in [0.25, 0.3) is 5.91 Å². The van der Waals surface area contributed by atoms with E-state index in [1.807, 2.05) is 30.3 Å². The molecule has 0 saturated carbocycles. The summed E-state index contributed by atoms with van der Waals surface area (Å²) in [5.41, 5.74) is 1.75. The van der Waals surface area contributed by atoms with Gasteiger partial charge in [-0.1, -0.05) is 41.4 Å². The number of nitrogens with one attached hydrogen (secondary N) is 1. The number of carbonyl (C=O) groups excluding carboxylic acids is 1. The van der Waals surface area contributed by atoms with E-state index in [9.17, 15) is 4.79 Å². The molecule has 0 aromatic heterocycles. The van der Waals surface area contributed by atoms with Crippen LogP contribution in [0.4, 0.5) is 0 Å². The molecule has 3 rings (SSSR count). The van der Waals surface area contributed by atoms with E-state index in [0.29, 0.717) is 27.1 Å². The Labute approximate surface area is 151 Å². The smallest absolute Gasteiger partial charge is 0.275 e. The third-order valence-electron chi connectivity index (χ3n) is 3.08. The van der Waals surface area contributed by atoms with E-state index in [-0.39, 0.29) is 5.91 Å². The molecule has 3 nitrogen and oxygen atoms in total. The average Bonchev–Trinajstić information content (AvgIpc) is 2.85. The number of hydrogen-bond donors (Lipinski definition) is 1. The number of hydrogen-bond acceptors (Lipinski definition) is 2. The summed E-state index contributed by atoms with van der Waals surface area (Å²) < 4.78 is 1.01. The number of benzene rings is 2. The van der Waals surface area contributed by atoms with Crippen LogP contribution in [-0.2, 0) is 4.79 Å². The molecule has 22 heavy (non-hydrogen) atoms. The Morgan fingerprint density at radius 1 is 1.09 bits per heavy atom. The van der Waals surface area contributed by atoms with Crippen LogP contribution in [0.2, 0.25) is 10.0 Å². The van der Waals surface area contributed by atoms with Crippen LogP contribution in [0.3, 0.4) is 0 Å². The summed E-state index contributed by atoms with van der Waals surface area (Å²) in [7, 11) is 0. The fraction of sp³-hybridized carbons (Fsp3) is 0. The van der Waals surface area contributed by atoms with Gasteiger partial charge in [-0.05, 0) is 58.5 Å². The Balaban J connectivity index is 2.02. The van der Waals surface area contributed by atoms with E-state index in [2.05, 4.69) is 32.9 Å². The lowest BCUT2D eigenvalue weighted by atomic mass is 10.2. The predicted molar refractivity (Wildman–Crippen MR) is 98.3 cm³/mol.